The molecule has 8 atom stereocenters. The van der Waals surface area contributed by atoms with E-state index >= 15 is 0 Å². The van der Waals surface area contributed by atoms with E-state index in [1.807, 2.05) is 13.8 Å². The number of fused-ring (bicyclic) bond motifs is 2. The molecule has 3 fully saturated rings. The first-order chi connectivity index (χ1) is 18.2. The van der Waals surface area contributed by atoms with Crippen LogP contribution in [0.4, 0.5) is 0 Å². The van der Waals surface area contributed by atoms with Crippen molar-refractivity contribution in [2.45, 2.75) is 91.1 Å². The summed E-state index contributed by atoms with van der Waals surface area (Å²) >= 11 is 0. The van der Waals surface area contributed by atoms with Gasteiger partial charge in [-0.3, -0.25) is 19.2 Å². The summed E-state index contributed by atoms with van der Waals surface area (Å²) in [5, 5.41) is 0. The number of ether oxygens (including phenoxy) is 6. The van der Waals surface area contributed by atoms with Crippen LogP contribution in [0.1, 0.15) is 67.2 Å². The molecule has 2 aliphatic heterocycles. The van der Waals surface area contributed by atoms with Crippen LogP contribution in [0.3, 0.4) is 0 Å². The van der Waals surface area contributed by atoms with Crippen molar-refractivity contribution in [3.8, 4) is 0 Å². The second-order valence-corrected chi connectivity index (χ2v) is 11.6. The molecule has 39 heavy (non-hydrogen) atoms. The van der Waals surface area contributed by atoms with Gasteiger partial charge in [-0.15, -0.1) is 0 Å². The lowest BCUT2D eigenvalue weighted by Gasteiger charge is -2.64. The molecule has 0 unspecified atom stereocenters. The van der Waals surface area contributed by atoms with E-state index in [0.29, 0.717) is 31.4 Å². The van der Waals surface area contributed by atoms with Crippen molar-refractivity contribution in [1.29, 1.82) is 0 Å². The maximum Gasteiger partial charge on any atom is 0.331 e. The van der Waals surface area contributed by atoms with E-state index in [9.17, 15) is 24.0 Å². The fourth-order valence-corrected chi connectivity index (χ4v) is 7.48. The van der Waals surface area contributed by atoms with Gasteiger partial charge in [-0.1, -0.05) is 13.8 Å². The maximum atomic E-state index is 12.4. The third-order valence-corrected chi connectivity index (χ3v) is 9.25. The Labute approximate surface area is 227 Å². The van der Waals surface area contributed by atoms with Crippen LogP contribution in [0.25, 0.3) is 0 Å². The van der Waals surface area contributed by atoms with Gasteiger partial charge in [0, 0.05) is 45.3 Å². The summed E-state index contributed by atoms with van der Waals surface area (Å²) in [6.07, 6.45) is 0.937. The van der Waals surface area contributed by atoms with Crippen LogP contribution in [0, 0.1) is 22.7 Å². The summed E-state index contributed by atoms with van der Waals surface area (Å²) in [6, 6.07) is 0. The van der Waals surface area contributed by atoms with Crippen LogP contribution in [0.2, 0.25) is 0 Å². The summed E-state index contributed by atoms with van der Waals surface area (Å²) < 4.78 is 34.6. The molecule has 0 aromatic rings. The molecule has 2 aliphatic carbocycles. The molecule has 4 aliphatic rings. The average molecular weight is 551 g/mol. The van der Waals surface area contributed by atoms with Gasteiger partial charge in [0.05, 0.1) is 12.0 Å². The van der Waals surface area contributed by atoms with Crippen molar-refractivity contribution in [2.24, 2.45) is 22.7 Å². The Morgan fingerprint density at radius 3 is 2.23 bits per heavy atom. The fraction of sp³-hybridized carbons (Fsp3) is 0.750. The molecule has 0 amide bonds. The summed E-state index contributed by atoms with van der Waals surface area (Å²) in [6.45, 7) is 9.60. The predicted octanol–water partition coefficient (Wildman–Crippen LogP) is 2.43. The zero-order chi connectivity index (χ0) is 28.8. The van der Waals surface area contributed by atoms with Gasteiger partial charge in [-0.2, -0.15) is 0 Å². The number of cyclic esters (lactones) is 1. The first kappa shape index (κ1) is 29.0. The lowest BCUT2D eigenvalue weighted by atomic mass is 9.42. The lowest BCUT2D eigenvalue weighted by Crippen LogP contribution is -2.71. The van der Waals surface area contributed by atoms with Crippen molar-refractivity contribution in [2.75, 3.05) is 19.8 Å². The van der Waals surface area contributed by atoms with Crippen molar-refractivity contribution in [3.05, 3.63) is 11.6 Å². The zero-order valence-electron chi connectivity index (χ0n) is 23.4. The van der Waals surface area contributed by atoms with E-state index in [2.05, 4.69) is 0 Å². The van der Waals surface area contributed by atoms with Crippen molar-refractivity contribution in [3.63, 3.8) is 0 Å². The molecule has 2 heterocycles. The van der Waals surface area contributed by atoms with Gasteiger partial charge in [-0.05, 0) is 37.0 Å². The van der Waals surface area contributed by atoms with Crippen LogP contribution in [-0.2, 0) is 52.4 Å². The third kappa shape index (κ3) is 5.29. The number of hydrogen-bond donors (Lipinski definition) is 0. The van der Waals surface area contributed by atoms with Gasteiger partial charge < -0.3 is 28.4 Å². The number of epoxide rings is 1. The molecule has 11 nitrogen and oxygen atoms in total. The average Bonchev–Trinajstić information content (AvgIpc) is 3.47. The SMILES string of the molecule is CC(=O)OC[C@@]12[C@@H](OC(C)=O)C[C@H](C)[C@@](C)(C[C@H](OC(C)=O)C3=CC(=O)OC3)[C@H]1[C@H](OC(C)=O)CC[C@@]21CO1. The highest BCUT2D eigenvalue weighted by atomic mass is 16.6. The minimum Gasteiger partial charge on any atom is -0.465 e. The van der Waals surface area contributed by atoms with Crippen LogP contribution in [-0.4, -0.2) is 73.6 Å². The summed E-state index contributed by atoms with van der Waals surface area (Å²) in [5.74, 6) is -3.13. The maximum absolute atomic E-state index is 12.4. The highest BCUT2D eigenvalue weighted by Gasteiger charge is 2.77. The molecule has 4 rings (SSSR count). The standard InChI is InChI=1S/C28H38O11/c1-15-9-23(39-19(5)32)28(14-35-16(2)29)25(21(37-17(3)30)7-8-27(28)13-36-27)26(15,6)11-22(38-18(4)31)20-10-24(33)34-12-20/h10,15,21-23,25H,7-9,11-14H2,1-6H3/t15-,21+,22-,23-,25+,26+,27+,28+/m0/s1. The second kappa shape index (κ2) is 10.6. The Bertz CT molecular complexity index is 1080. The molecule has 1 saturated heterocycles. The smallest absolute Gasteiger partial charge is 0.331 e. The zero-order valence-corrected chi connectivity index (χ0v) is 23.4. The van der Waals surface area contributed by atoms with Crippen LogP contribution < -0.4 is 0 Å². The van der Waals surface area contributed by atoms with Gasteiger partial charge in [0.15, 0.2) is 0 Å². The molecule has 2 saturated carbocycles. The number of carbonyl (C=O) groups excluding carboxylic acids is 5. The molecule has 0 aromatic heterocycles. The van der Waals surface area contributed by atoms with Gasteiger partial charge in [0.1, 0.15) is 37.1 Å². The minimum absolute atomic E-state index is 0.000986. The Morgan fingerprint density at radius 2 is 1.72 bits per heavy atom. The van der Waals surface area contributed by atoms with Gasteiger partial charge in [0.2, 0.25) is 0 Å². The van der Waals surface area contributed by atoms with E-state index in [1.54, 1.807) is 0 Å². The van der Waals surface area contributed by atoms with E-state index < -0.39 is 70.5 Å². The first-order valence-corrected chi connectivity index (χ1v) is 13.4. The Hall–Kier alpha value is -2.95. The molecule has 0 aromatic carbocycles. The summed E-state index contributed by atoms with van der Waals surface area (Å²) in [5.41, 5.74) is -1.98. The number of hydrogen-bond acceptors (Lipinski definition) is 11. The van der Waals surface area contributed by atoms with Gasteiger partial charge in [0.25, 0.3) is 0 Å². The molecule has 0 radical (unpaired) electrons. The van der Waals surface area contributed by atoms with E-state index in [4.69, 9.17) is 28.4 Å². The topological polar surface area (TPSA) is 144 Å². The molecule has 0 N–H and O–H groups in total. The van der Waals surface area contributed by atoms with Crippen molar-refractivity contribution in [1.82, 2.24) is 0 Å². The predicted molar refractivity (Wildman–Crippen MR) is 133 cm³/mol. The first-order valence-electron chi connectivity index (χ1n) is 13.4. The van der Waals surface area contributed by atoms with E-state index in [-0.39, 0.29) is 25.6 Å². The molecule has 216 valence electrons. The quantitative estimate of drug-likeness (QED) is 0.250. The monoisotopic (exact) mass is 550 g/mol. The molecular formula is C28H38O11. The van der Waals surface area contributed by atoms with Crippen LogP contribution >= 0.6 is 0 Å². The summed E-state index contributed by atoms with van der Waals surface area (Å²) in [7, 11) is 0. The number of rotatable bonds is 8. The Morgan fingerprint density at radius 1 is 1.05 bits per heavy atom. The second-order valence-electron chi connectivity index (χ2n) is 11.6. The normalized spacial score (nSPS) is 37.6. The summed E-state index contributed by atoms with van der Waals surface area (Å²) in [4.78, 5) is 60.9. The van der Waals surface area contributed by atoms with Gasteiger partial charge >= 0.3 is 29.8 Å². The highest BCUT2D eigenvalue weighted by Crippen LogP contribution is 2.69. The van der Waals surface area contributed by atoms with Crippen LogP contribution in [0.5, 0.6) is 0 Å². The van der Waals surface area contributed by atoms with E-state index in [0.717, 1.165) is 0 Å². The van der Waals surface area contributed by atoms with Gasteiger partial charge in [-0.25, -0.2) is 4.79 Å². The van der Waals surface area contributed by atoms with Crippen LogP contribution in [0.15, 0.2) is 11.6 Å². The molecule has 1 spiro atoms. The number of carbonyl (C=O) groups is 5. The third-order valence-electron chi connectivity index (χ3n) is 9.25. The Balaban J connectivity index is 1.88. The minimum atomic E-state index is -1.04. The van der Waals surface area contributed by atoms with Crippen molar-refractivity contribution < 1.29 is 52.4 Å². The largest absolute Gasteiger partial charge is 0.465 e. The number of esters is 5. The van der Waals surface area contributed by atoms with E-state index in [1.165, 1.54) is 33.8 Å². The molecular weight excluding hydrogens is 512 g/mol. The Kier molecular flexibility index (Phi) is 7.86. The molecule has 0 bridgehead atoms. The van der Waals surface area contributed by atoms with Crippen molar-refractivity contribution >= 4 is 29.8 Å². The molecule has 11 heteroatoms. The highest BCUT2D eigenvalue weighted by molar-refractivity contribution is 5.85. The fourth-order valence-electron chi connectivity index (χ4n) is 7.48. The lowest BCUT2D eigenvalue weighted by molar-refractivity contribution is -0.259.